The largest absolute Gasteiger partial charge is 0.468 e. The molecule has 37 heavy (non-hydrogen) atoms. The van der Waals surface area contributed by atoms with Gasteiger partial charge in [0, 0.05) is 12.8 Å². The zero-order valence-electron chi connectivity index (χ0n) is 23.6. The molecule has 1 aromatic carbocycles. The minimum atomic E-state index is -1.51. The molecule has 1 aromatic rings. The number of hydrogen-bond donors (Lipinski definition) is 1. The van der Waals surface area contributed by atoms with Gasteiger partial charge >= 0.3 is 23.9 Å². The summed E-state index contributed by atoms with van der Waals surface area (Å²) in [5, 5.41) is 0. The predicted octanol–water partition coefficient (Wildman–Crippen LogP) is 4.08. The highest BCUT2D eigenvalue weighted by molar-refractivity contribution is 5.81. The van der Waals surface area contributed by atoms with Crippen molar-refractivity contribution in [2.75, 3.05) is 13.7 Å². The number of hydrogen-bond acceptors (Lipinski definition) is 9. The van der Waals surface area contributed by atoms with Gasteiger partial charge in [-0.3, -0.25) is 19.2 Å². The first kappa shape index (κ1) is 32.1. The van der Waals surface area contributed by atoms with E-state index in [0.29, 0.717) is 5.56 Å². The van der Waals surface area contributed by atoms with Gasteiger partial charge in [-0.2, -0.15) is 0 Å². The summed E-state index contributed by atoms with van der Waals surface area (Å²) in [4.78, 5) is 49.8. The minimum Gasteiger partial charge on any atom is -0.468 e. The molecule has 2 unspecified atom stereocenters. The first-order valence-electron chi connectivity index (χ1n) is 12.7. The maximum absolute atomic E-state index is 12.7. The number of benzene rings is 1. The van der Waals surface area contributed by atoms with Crippen LogP contribution in [-0.4, -0.2) is 43.1 Å². The summed E-state index contributed by atoms with van der Waals surface area (Å²) in [6.07, 6.45) is 0.0140. The van der Waals surface area contributed by atoms with Crippen LogP contribution in [-0.2, 0) is 35.1 Å². The van der Waals surface area contributed by atoms with E-state index in [1.54, 1.807) is 33.8 Å². The molecule has 0 heterocycles. The Balaban J connectivity index is 3.30. The van der Waals surface area contributed by atoms with Gasteiger partial charge in [-0.05, 0) is 29.5 Å². The summed E-state index contributed by atoms with van der Waals surface area (Å²) in [7, 11) is 1.23. The number of methoxy groups -OCH3 is 1. The van der Waals surface area contributed by atoms with Crippen LogP contribution in [0.4, 0.5) is 0 Å². The molecule has 9 heteroatoms. The molecule has 0 saturated heterocycles. The van der Waals surface area contributed by atoms with Crippen molar-refractivity contribution in [3.63, 3.8) is 0 Å². The maximum atomic E-state index is 12.7. The highest BCUT2D eigenvalue weighted by atomic mass is 16.6. The van der Waals surface area contributed by atoms with Crippen LogP contribution >= 0.6 is 0 Å². The molecular formula is C28H43NO8. The van der Waals surface area contributed by atoms with Crippen molar-refractivity contribution in [2.24, 2.45) is 35.3 Å². The smallest absolute Gasteiger partial charge is 0.326 e. The Morgan fingerprint density at radius 1 is 0.811 bits per heavy atom. The lowest BCUT2D eigenvalue weighted by Crippen LogP contribution is -2.51. The molecule has 0 amide bonds. The molecule has 0 bridgehead atoms. The molecule has 0 radical (unpaired) electrons. The summed E-state index contributed by atoms with van der Waals surface area (Å²) in [6.45, 7) is 14.5. The molecule has 0 aliphatic rings. The summed E-state index contributed by atoms with van der Waals surface area (Å²) in [6, 6.07) is 4.67. The van der Waals surface area contributed by atoms with Crippen LogP contribution in [0.2, 0.25) is 0 Å². The highest BCUT2D eigenvalue weighted by Gasteiger charge is 2.36. The standard InChI is InChI=1S/C28H43NO8/c1-16(2)19(7)25(31)36-22-11-10-21(14-23(22)37-26(32)20(8)17(3)4)15-28(29,27(33)34-9)12-13-35-24(30)18(5)6/h10-11,14,16-20H,12-13,15,29H2,1-9H3/t19?,20?,28-/m1/s1. The number of nitrogens with two attached hydrogens (primary N) is 1. The van der Waals surface area contributed by atoms with Crippen molar-refractivity contribution in [1.29, 1.82) is 0 Å². The third-order valence-electron chi connectivity index (χ3n) is 6.55. The van der Waals surface area contributed by atoms with E-state index >= 15 is 0 Å². The molecule has 0 aliphatic heterocycles. The van der Waals surface area contributed by atoms with Crippen LogP contribution in [0, 0.1) is 29.6 Å². The van der Waals surface area contributed by atoms with Crippen molar-refractivity contribution in [1.82, 2.24) is 0 Å². The summed E-state index contributed by atoms with van der Waals surface area (Å²) < 4.78 is 21.3. The van der Waals surface area contributed by atoms with E-state index in [2.05, 4.69) is 0 Å². The third kappa shape index (κ3) is 9.46. The molecule has 1 rings (SSSR count). The van der Waals surface area contributed by atoms with Gasteiger partial charge in [0.1, 0.15) is 5.54 Å². The number of ether oxygens (including phenoxy) is 4. The van der Waals surface area contributed by atoms with Crippen LogP contribution in [0.1, 0.15) is 67.4 Å². The monoisotopic (exact) mass is 521 g/mol. The molecule has 0 saturated carbocycles. The maximum Gasteiger partial charge on any atom is 0.326 e. The predicted molar refractivity (Wildman–Crippen MR) is 139 cm³/mol. The van der Waals surface area contributed by atoms with Crippen molar-refractivity contribution < 1.29 is 38.1 Å². The highest BCUT2D eigenvalue weighted by Crippen LogP contribution is 2.32. The summed E-state index contributed by atoms with van der Waals surface area (Å²) in [5.74, 6) is -2.86. The lowest BCUT2D eigenvalue weighted by Gasteiger charge is -2.27. The Morgan fingerprint density at radius 2 is 1.32 bits per heavy atom. The number of carbonyl (C=O) groups is 4. The van der Waals surface area contributed by atoms with Crippen LogP contribution in [0.5, 0.6) is 11.5 Å². The van der Waals surface area contributed by atoms with Crippen LogP contribution < -0.4 is 15.2 Å². The second-order valence-corrected chi connectivity index (χ2v) is 10.6. The molecular weight excluding hydrogens is 478 g/mol. The van der Waals surface area contributed by atoms with Gasteiger partial charge in [0.25, 0.3) is 0 Å². The topological polar surface area (TPSA) is 131 Å². The third-order valence-corrected chi connectivity index (χ3v) is 6.55. The lowest BCUT2D eigenvalue weighted by molar-refractivity contribution is -0.152. The van der Waals surface area contributed by atoms with Crippen LogP contribution in [0.3, 0.4) is 0 Å². The SMILES string of the molecule is COC(=O)[C@@](N)(CCOC(=O)C(C)C)Cc1ccc(OC(=O)C(C)C(C)C)c(OC(=O)C(C)C(C)C)c1. The van der Waals surface area contributed by atoms with Gasteiger partial charge in [-0.1, -0.05) is 61.5 Å². The first-order valence-corrected chi connectivity index (χ1v) is 12.7. The van der Waals surface area contributed by atoms with E-state index in [0.717, 1.165) is 0 Å². The molecule has 208 valence electrons. The molecule has 0 aliphatic carbocycles. The van der Waals surface area contributed by atoms with E-state index in [9.17, 15) is 19.2 Å². The average molecular weight is 522 g/mol. The number of esters is 4. The van der Waals surface area contributed by atoms with E-state index in [1.165, 1.54) is 19.2 Å². The Hall–Kier alpha value is -2.94. The van der Waals surface area contributed by atoms with Gasteiger partial charge in [-0.25, -0.2) is 0 Å². The number of carbonyl (C=O) groups excluding carboxylic acids is 4. The van der Waals surface area contributed by atoms with E-state index in [-0.39, 0.29) is 54.6 Å². The molecule has 0 fully saturated rings. The average Bonchev–Trinajstić information content (AvgIpc) is 2.83. The Labute approximate surface area is 220 Å². The van der Waals surface area contributed by atoms with Crippen LogP contribution in [0.25, 0.3) is 0 Å². The molecule has 9 nitrogen and oxygen atoms in total. The normalized spacial score (nSPS) is 14.6. The zero-order chi connectivity index (χ0) is 28.5. The van der Waals surface area contributed by atoms with Gasteiger partial charge in [-0.15, -0.1) is 0 Å². The van der Waals surface area contributed by atoms with Crippen molar-refractivity contribution >= 4 is 23.9 Å². The molecule has 2 N–H and O–H groups in total. The summed E-state index contributed by atoms with van der Waals surface area (Å²) >= 11 is 0. The van der Waals surface area contributed by atoms with Crippen molar-refractivity contribution in [3.05, 3.63) is 23.8 Å². The Bertz CT molecular complexity index is 956. The molecule has 0 aromatic heterocycles. The van der Waals surface area contributed by atoms with Crippen molar-refractivity contribution in [2.45, 2.75) is 73.8 Å². The fraction of sp³-hybridized carbons (Fsp3) is 0.643. The summed E-state index contributed by atoms with van der Waals surface area (Å²) in [5.41, 5.74) is 5.45. The number of rotatable bonds is 13. The van der Waals surface area contributed by atoms with E-state index in [4.69, 9.17) is 24.7 Å². The molecule has 0 spiro atoms. The fourth-order valence-corrected chi connectivity index (χ4v) is 3.10. The first-order chi connectivity index (χ1) is 17.1. The minimum absolute atomic E-state index is 0.000188. The van der Waals surface area contributed by atoms with Crippen molar-refractivity contribution in [3.8, 4) is 11.5 Å². The van der Waals surface area contributed by atoms with Gasteiger partial charge < -0.3 is 24.7 Å². The van der Waals surface area contributed by atoms with E-state index < -0.39 is 35.3 Å². The van der Waals surface area contributed by atoms with E-state index in [1.807, 2.05) is 27.7 Å². The van der Waals surface area contributed by atoms with Gasteiger partial charge in [0.05, 0.1) is 31.5 Å². The zero-order valence-corrected chi connectivity index (χ0v) is 23.6. The van der Waals surface area contributed by atoms with Gasteiger partial charge in [0.2, 0.25) is 0 Å². The lowest BCUT2D eigenvalue weighted by atomic mass is 9.88. The second kappa shape index (κ2) is 14.1. The fourth-order valence-electron chi connectivity index (χ4n) is 3.10. The quantitative estimate of drug-likeness (QED) is 0.301. The van der Waals surface area contributed by atoms with Gasteiger partial charge in [0.15, 0.2) is 11.5 Å². The Kier molecular flexibility index (Phi) is 12.2. The Morgan fingerprint density at radius 3 is 1.78 bits per heavy atom. The van der Waals surface area contributed by atoms with Crippen LogP contribution in [0.15, 0.2) is 18.2 Å². The molecule has 3 atom stereocenters. The second-order valence-electron chi connectivity index (χ2n) is 10.6.